The van der Waals surface area contributed by atoms with Crippen molar-refractivity contribution in [2.75, 3.05) is 57.2 Å². The van der Waals surface area contributed by atoms with E-state index in [1.165, 1.54) is 36.4 Å². The average molecular weight is 635 g/mol. The van der Waals surface area contributed by atoms with E-state index >= 15 is 4.39 Å². The Balaban J connectivity index is 1.10. The first-order valence-electron chi connectivity index (χ1n) is 15.2. The van der Waals surface area contributed by atoms with Gasteiger partial charge in [-0.25, -0.2) is 8.78 Å². The molecule has 1 aliphatic heterocycles. The summed E-state index contributed by atoms with van der Waals surface area (Å²) in [6.45, 7) is 4.79. The molecule has 2 aliphatic rings. The quantitative estimate of drug-likeness (QED) is 0.128. The number of morpholine rings is 1. The molecule has 1 saturated heterocycles. The van der Waals surface area contributed by atoms with Gasteiger partial charge in [-0.15, -0.1) is 0 Å². The van der Waals surface area contributed by atoms with Crippen molar-refractivity contribution in [2.45, 2.75) is 25.5 Å². The average Bonchev–Trinajstić information content (AvgIpc) is 3.88. The van der Waals surface area contributed by atoms with Gasteiger partial charge in [0.15, 0.2) is 23.1 Å². The smallest absolute Gasteiger partial charge is 0.235 e. The molecular formula is C34H36F2N4O6. The summed E-state index contributed by atoms with van der Waals surface area (Å²) >= 11 is 0. The first-order valence-corrected chi connectivity index (χ1v) is 15.2. The lowest BCUT2D eigenvalue weighted by Gasteiger charge is -2.26. The number of aromatic nitrogens is 1. The minimum absolute atomic E-state index is 0.0369. The number of carbonyl (C=O) groups is 1. The molecule has 12 heteroatoms. The van der Waals surface area contributed by atoms with Crippen LogP contribution in [0.1, 0.15) is 19.3 Å². The number of aliphatic hydroxyl groups is 1. The number of methoxy groups -OCH3 is 1. The lowest BCUT2D eigenvalue weighted by Crippen LogP contribution is -2.39. The summed E-state index contributed by atoms with van der Waals surface area (Å²) < 4.78 is 51.5. The Morgan fingerprint density at radius 2 is 1.76 bits per heavy atom. The summed E-state index contributed by atoms with van der Waals surface area (Å²) in [5.41, 5.74) is 0.203. The molecule has 10 nitrogen and oxygen atoms in total. The number of hydrogen-bond donors (Lipinski definition) is 3. The second-order valence-electron chi connectivity index (χ2n) is 11.4. The maximum absolute atomic E-state index is 15.3. The zero-order valence-corrected chi connectivity index (χ0v) is 25.4. The van der Waals surface area contributed by atoms with Gasteiger partial charge in [-0.3, -0.25) is 14.7 Å². The molecule has 0 radical (unpaired) electrons. The Hall–Kier alpha value is -4.52. The van der Waals surface area contributed by atoms with Crippen molar-refractivity contribution in [3.63, 3.8) is 0 Å². The molecule has 46 heavy (non-hydrogen) atoms. The van der Waals surface area contributed by atoms with Crippen LogP contribution in [0.15, 0.2) is 66.9 Å². The molecule has 1 amide bonds. The van der Waals surface area contributed by atoms with Gasteiger partial charge in [0.05, 0.1) is 37.9 Å². The SMILES string of the molecule is COc1cc2c(Oc3ccc(NC(O)C4(C(=O)Nc5ccc(F)cc5)CC4)cc3F)ccnc2cc1OCCCN1CCOCC1. The Kier molecular flexibility index (Phi) is 9.48. The number of hydrogen-bond acceptors (Lipinski definition) is 9. The highest BCUT2D eigenvalue weighted by Gasteiger charge is 2.56. The molecule has 3 aromatic carbocycles. The first kappa shape index (κ1) is 31.5. The molecule has 0 bridgehead atoms. The molecule has 1 saturated carbocycles. The van der Waals surface area contributed by atoms with Crippen LogP contribution in [-0.4, -0.2) is 73.7 Å². The van der Waals surface area contributed by atoms with Gasteiger partial charge in [0, 0.05) is 54.7 Å². The number of benzene rings is 3. The van der Waals surface area contributed by atoms with E-state index in [9.17, 15) is 14.3 Å². The zero-order valence-electron chi connectivity index (χ0n) is 25.4. The van der Waals surface area contributed by atoms with E-state index in [1.54, 1.807) is 37.6 Å². The maximum atomic E-state index is 15.3. The number of amides is 1. The lowest BCUT2D eigenvalue weighted by molar-refractivity contribution is -0.124. The fraction of sp³-hybridized carbons (Fsp3) is 0.353. The lowest BCUT2D eigenvalue weighted by atomic mass is 10.0. The van der Waals surface area contributed by atoms with Crippen LogP contribution in [0, 0.1) is 17.0 Å². The topological polar surface area (TPSA) is 114 Å². The Morgan fingerprint density at radius 3 is 2.48 bits per heavy atom. The molecule has 6 rings (SSSR count). The van der Waals surface area contributed by atoms with E-state index < -0.39 is 29.2 Å². The van der Waals surface area contributed by atoms with Gasteiger partial charge in [-0.2, -0.15) is 0 Å². The number of halogens is 2. The third-order valence-electron chi connectivity index (χ3n) is 8.29. The molecule has 3 N–H and O–H groups in total. The highest BCUT2D eigenvalue weighted by molar-refractivity contribution is 5.98. The third kappa shape index (κ3) is 7.14. The maximum Gasteiger partial charge on any atom is 0.235 e. The summed E-state index contributed by atoms with van der Waals surface area (Å²) in [6.07, 6.45) is 2.03. The predicted octanol–water partition coefficient (Wildman–Crippen LogP) is 5.56. The van der Waals surface area contributed by atoms with Crippen LogP contribution in [0.4, 0.5) is 20.2 Å². The third-order valence-corrected chi connectivity index (χ3v) is 8.29. The number of carbonyl (C=O) groups excluding carboxylic acids is 1. The van der Waals surface area contributed by atoms with E-state index in [2.05, 4.69) is 20.5 Å². The molecule has 1 atom stereocenters. The van der Waals surface area contributed by atoms with E-state index in [0.717, 1.165) is 39.3 Å². The Morgan fingerprint density at radius 1 is 1.00 bits per heavy atom. The number of rotatable bonds is 13. The second-order valence-corrected chi connectivity index (χ2v) is 11.4. The van der Waals surface area contributed by atoms with Gasteiger partial charge in [0.1, 0.15) is 17.8 Å². The van der Waals surface area contributed by atoms with Crippen LogP contribution in [0.2, 0.25) is 0 Å². The number of anilines is 2. The van der Waals surface area contributed by atoms with Crippen LogP contribution in [0.3, 0.4) is 0 Å². The summed E-state index contributed by atoms with van der Waals surface area (Å²) in [4.78, 5) is 19.7. The van der Waals surface area contributed by atoms with Crippen molar-refractivity contribution < 1.29 is 37.6 Å². The van der Waals surface area contributed by atoms with Crippen molar-refractivity contribution in [3.8, 4) is 23.0 Å². The van der Waals surface area contributed by atoms with Crippen LogP contribution in [0.25, 0.3) is 10.9 Å². The molecule has 2 heterocycles. The highest BCUT2D eigenvalue weighted by atomic mass is 19.1. The number of aliphatic hydroxyl groups excluding tert-OH is 1. The van der Waals surface area contributed by atoms with Gasteiger partial charge in [0.2, 0.25) is 5.91 Å². The van der Waals surface area contributed by atoms with E-state index in [4.69, 9.17) is 18.9 Å². The van der Waals surface area contributed by atoms with Gasteiger partial charge in [0.25, 0.3) is 0 Å². The van der Waals surface area contributed by atoms with Gasteiger partial charge < -0.3 is 34.7 Å². The van der Waals surface area contributed by atoms with Crippen molar-refractivity contribution >= 4 is 28.2 Å². The standard InChI is InChI=1S/C34H36F2N4O6/c1-43-30-20-25-27(21-31(30)45-16-2-13-40-14-17-44-18-15-40)37-12-9-28(25)46-29-8-7-24(19-26(29)36)39-33(42)34(10-11-34)32(41)38-23-5-3-22(35)4-6-23/h3-9,12,19-21,33,39,42H,2,10-11,13-18H2,1H3,(H,38,41). The van der Waals surface area contributed by atoms with Gasteiger partial charge in [-0.1, -0.05) is 0 Å². The van der Waals surface area contributed by atoms with Crippen LogP contribution < -0.4 is 24.8 Å². The van der Waals surface area contributed by atoms with Crippen molar-refractivity contribution in [1.29, 1.82) is 0 Å². The first-order chi connectivity index (χ1) is 22.3. The van der Waals surface area contributed by atoms with Crippen LogP contribution in [0.5, 0.6) is 23.0 Å². The molecular weight excluding hydrogens is 598 g/mol. The molecule has 0 spiro atoms. The molecule has 2 fully saturated rings. The van der Waals surface area contributed by atoms with E-state index in [1.807, 2.05) is 0 Å². The van der Waals surface area contributed by atoms with Crippen LogP contribution >= 0.6 is 0 Å². The highest BCUT2D eigenvalue weighted by Crippen LogP contribution is 2.50. The number of nitrogens with one attached hydrogen (secondary N) is 2. The molecule has 4 aromatic rings. The molecule has 1 aliphatic carbocycles. The zero-order chi connectivity index (χ0) is 32.1. The van der Waals surface area contributed by atoms with E-state index in [0.29, 0.717) is 53.3 Å². The summed E-state index contributed by atoms with van der Waals surface area (Å²) in [7, 11) is 1.55. The normalized spacial score (nSPS) is 16.4. The van der Waals surface area contributed by atoms with Crippen molar-refractivity contribution in [3.05, 3.63) is 78.5 Å². The summed E-state index contributed by atoms with van der Waals surface area (Å²) in [6, 6.07) is 14.7. The number of fused-ring (bicyclic) bond motifs is 1. The number of nitrogens with zero attached hydrogens (tertiary/aromatic N) is 2. The molecule has 242 valence electrons. The number of pyridine rings is 1. The van der Waals surface area contributed by atoms with Crippen LogP contribution in [-0.2, 0) is 9.53 Å². The monoisotopic (exact) mass is 634 g/mol. The second kappa shape index (κ2) is 13.9. The minimum atomic E-state index is -1.27. The Labute approximate surface area is 265 Å². The summed E-state index contributed by atoms with van der Waals surface area (Å²) in [5.74, 6) is -0.0979. The van der Waals surface area contributed by atoms with E-state index in [-0.39, 0.29) is 11.4 Å². The number of ether oxygens (including phenoxy) is 4. The fourth-order valence-corrected chi connectivity index (χ4v) is 5.42. The van der Waals surface area contributed by atoms with Gasteiger partial charge >= 0.3 is 0 Å². The predicted molar refractivity (Wildman–Crippen MR) is 168 cm³/mol. The summed E-state index contributed by atoms with van der Waals surface area (Å²) in [5, 5.41) is 17.0. The fourth-order valence-electron chi connectivity index (χ4n) is 5.42. The Bertz CT molecular complexity index is 1680. The molecule has 1 aromatic heterocycles. The largest absolute Gasteiger partial charge is 0.493 e. The minimum Gasteiger partial charge on any atom is -0.493 e. The molecule has 1 unspecified atom stereocenters. The van der Waals surface area contributed by atoms with Gasteiger partial charge in [-0.05, 0) is 67.8 Å². The van der Waals surface area contributed by atoms with Crippen molar-refractivity contribution in [2.24, 2.45) is 5.41 Å². The van der Waals surface area contributed by atoms with Crippen molar-refractivity contribution in [1.82, 2.24) is 9.88 Å².